The van der Waals surface area contributed by atoms with Gasteiger partial charge in [0.25, 0.3) is 6.71 Å². The maximum Gasteiger partial charge on any atom is 0.253 e. The van der Waals surface area contributed by atoms with E-state index in [9.17, 15) is 0 Å². The summed E-state index contributed by atoms with van der Waals surface area (Å²) in [4.78, 5) is 16.2. The van der Waals surface area contributed by atoms with E-state index >= 15 is 0 Å². The maximum atomic E-state index is 5.55. The molecule has 0 atom stereocenters. The molecule has 0 N–H and O–H groups in total. The Bertz CT molecular complexity index is 4870. The van der Waals surface area contributed by atoms with E-state index in [2.05, 4.69) is 271 Å². The van der Waals surface area contributed by atoms with Gasteiger partial charge in [0.2, 0.25) is 0 Å². The molecule has 3 heterocycles. The van der Waals surface area contributed by atoms with Crippen LogP contribution < -0.4 is 26.2 Å². The van der Waals surface area contributed by atoms with Gasteiger partial charge in [0.05, 0.1) is 11.4 Å². The Balaban J connectivity index is 1.05. The van der Waals surface area contributed by atoms with Crippen LogP contribution in [-0.2, 0) is 0 Å². The molecule has 0 saturated carbocycles. The average molecular weight is 999 g/mol. The standard InChI is InChI=1S/C74H43BN4/c1-5-19-44(20-6-1)61-43-62(45-21-7-2-8-22-45)77-74(76-61)48-39-63-73-64(40-48)79(50-29-11-4-12-30-50)66-42-60-56-34-16-26-47-24-14-32-52(68(47)56)54-36-18-38-58(70(54)60)72(66)75(73)71-57-37-17-35-53-51-31-13-23-46-25-15-33-55(67(46)51)59(69(53)57)41-65(71)78(63)49-27-9-3-10-28-49/h1-43H. The molecule has 16 aromatic rings. The Hall–Kier alpha value is -10.4. The van der Waals surface area contributed by atoms with Crippen LogP contribution in [0.3, 0.4) is 0 Å². The van der Waals surface area contributed by atoms with Gasteiger partial charge in [-0.05, 0) is 157 Å². The van der Waals surface area contributed by atoms with Gasteiger partial charge in [-0.25, -0.2) is 9.97 Å². The van der Waals surface area contributed by atoms with Crippen molar-refractivity contribution in [1.82, 2.24) is 9.97 Å². The van der Waals surface area contributed by atoms with E-state index in [-0.39, 0.29) is 6.71 Å². The zero-order valence-electron chi connectivity index (χ0n) is 42.7. The molecule has 4 nitrogen and oxygen atoms in total. The fourth-order valence-corrected chi connectivity index (χ4v) is 14.3. The zero-order valence-corrected chi connectivity index (χ0v) is 42.7. The second-order valence-electron chi connectivity index (χ2n) is 21.5. The largest absolute Gasteiger partial charge is 0.311 e. The minimum Gasteiger partial charge on any atom is -0.311 e. The van der Waals surface area contributed by atoms with Crippen LogP contribution in [0.15, 0.2) is 261 Å². The van der Waals surface area contributed by atoms with Gasteiger partial charge in [-0.1, -0.05) is 206 Å². The summed E-state index contributed by atoms with van der Waals surface area (Å²) in [7, 11) is 0. The van der Waals surface area contributed by atoms with Crippen molar-refractivity contribution >= 4 is 143 Å². The fourth-order valence-electron chi connectivity index (χ4n) is 14.3. The molecule has 2 aliphatic rings. The summed E-state index contributed by atoms with van der Waals surface area (Å²) in [6.45, 7) is -0.199. The van der Waals surface area contributed by atoms with Crippen LogP contribution in [0.2, 0.25) is 0 Å². The van der Waals surface area contributed by atoms with Gasteiger partial charge in [0.15, 0.2) is 5.82 Å². The molecule has 0 saturated heterocycles. The highest BCUT2D eigenvalue weighted by Gasteiger charge is 2.46. The van der Waals surface area contributed by atoms with Crippen LogP contribution in [0.1, 0.15) is 0 Å². The van der Waals surface area contributed by atoms with Gasteiger partial charge in [-0.3, -0.25) is 0 Å². The van der Waals surface area contributed by atoms with Crippen molar-refractivity contribution in [2.24, 2.45) is 0 Å². The minimum absolute atomic E-state index is 0.199. The van der Waals surface area contributed by atoms with Gasteiger partial charge in [-0.2, -0.15) is 0 Å². The number of nitrogens with zero attached hydrogens (tertiary/aromatic N) is 4. The third kappa shape index (κ3) is 5.93. The van der Waals surface area contributed by atoms with E-state index < -0.39 is 0 Å². The smallest absolute Gasteiger partial charge is 0.253 e. The predicted octanol–water partition coefficient (Wildman–Crippen LogP) is 17.7. The molecule has 79 heavy (non-hydrogen) atoms. The number of aromatic nitrogens is 2. The maximum absolute atomic E-state index is 5.55. The van der Waals surface area contributed by atoms with Gasteiger partial charge in [0, 0.05) is 50.8 Å². The summed E-state index contributed by atoms with van der Waals surface area (Å²) in [5.74, 6) is 0.663. The predicted molar refractivity (Wildman–Crippen MR) is 335 cm³/mol. The van der Waals surface area contributed by atoms with E-state index in [4.69, 9.17) is 9.97 Å². The molecule has 1 aromatic heterocycles. The van der Waals surface area contributed by atoms with Crippen molar-refractivity contribution in [2.75, 3.05) is 9.80 Å². The lowest BCUT2D eigenvalue weighted by Gasteiger charge is -2.45. The highest BCUT2D eigenvalue weighted by Crippen LogP contribution is 2.52. The highest BCUT2D eigenvalue weighted by atomic mass is 15.2. The van der Waals surface area contributed by atoms with Crippen LogP contribution in [0.5, 0.6) is 0 Å². The first-order valence-electron chi connectivity index (χ1n) is 27.3. The highest BCUT2D eigenvalue weighted by molar-refractivity contribution is 7.03. The SMILES string of the molecule is c1ccc(-c2cc(-c3ccccc3)nc(-c3cc4c5c(c3)N(c3ccccc3)c3cc6c7cccc8cccc(c9cccc(c3B5c3c(cc5c%10cccc%11cccc(c%12cccc3c%125)c%11%10)N4c3ccccc3)c96)c87)n2)cc1. The van der Waals surface area contributed by atoms with Gasteiger partial charge in [0.1, 0.15) is 0 Å². The molecule has 362 valence electrons. The van der Waals surface area contributed by atoms with Crippen molar-refractivity contribution in [2.45, 2.75) is 0 Å². The lowest BCUT2D eigenvalue weighted by atomic mass is 9.32. The molecule has 5 heteroatoms. The topological polar surface area (TPSA) is 32.3 Å². The van der Waals surface area contributed by atoms with Crippen molar-refractivity contribution in [3.05, 3.63) is 261 Å². The van der Waals surface area contributed by atoms with Crippen molar-refractivity contribution in [1.29, 1.82) is 0 Å². The van der Waals surface area contributed by atoms with Gasteiger partial charge >= 0.3 is 0 Å². The molecular weight excluding hydrogens is 956 g/mol. The minimum atomic E-state index is -0.199. The molecule has 0 spiro atoms. The average Bonchev–Trinajstić information content (AvgIpc) is 3.14. The lowest BCUT2D eigenvalue weighted by molar-refractivity contribution is 1.18. The number of hydrogen-bond donors (Lipinski definition) is 0. The number of hydrogen-bond acceptors (Lipinski definition) is 4. The third-order valence-electron chi connectivity index (χ3n) is 17.5. The second-order valence-corrected chi connectivity index (χ2v) is 21.5. The fraction of sp³-hybridized carbons (Fsp3) is 0. The first-order valence-corrected chi connectivity index (χ1v) is 27.3. The van der Waals surface area contributed by atoms with Gasteiger partial charge in [-0.15, -0.1) is 0 Å². The molecule has 0 bridgehead atoms. The Morgan fingerprint density at radius 2 is 0.595 bits per heavy atom. The third-order valence-corrected chi connectivity index (χ3v) is 17.5. The van der Waals surface area contributed by atoms with Crippen LogP contribution >= 0.6 is 0 Å². The van der Waals surface area contributed by atoms with E-state index in [0.717, 1.165) is 50.8 Å². The van der Waals surface area contributed by atoms with E-state index in [1.165, 1.54) is 114 Å². The Morgan fingerprint density at radius 3 is 1.01 bits per heavy atom. The molecule has 0 unspecified atom stereocenters. The lowest BCUT2D eigenvalue weighted by Crippen LogP contribution is -2.61. The van der Waals surface area contributed by atoms with Crippen LogP contribution in [0.25, 0.3) is 120 Å². The van der Waals surface area contributed by atoms with E-state index in [0.29, 0.717) is 5.82 Å². The van der Waals surface area contributed by atoms with Crippen molar-refractivity contribution in [3.63, 3.8) is 0 Å². The van der Waals surface area contributed by atoms with Crippen LogP contribution in [-0.4, -0.2) is 16.7 Å². The van der Waals surface area contributed by atoms with Gasteiger partial charge < -0.3 is 9.80 Å². The number of anilines is 6. The summed E-state index contributed by atoms with van der Waals surface area (Å²) >= 11 is 0. The number of para-hydroxylation sites is 2. The Morgan fingerprint density at radius 1 is 0.253 bits per heavy atom. The summed E-state index contributed by atoms with van der Waals surface area (Å²) in [5.41, 5.74) is 15.3. The molecule has 15 aromatic carbocycles. The van der Waals surface area contributed by atoms with Crippen LogP contribution in [0.4, 0.5) is 34.1 Å². The first-order chi connectivity index (χ1) is 39.2. The molecular formula is C74H43BN4. The number of fused-ring (bicyclic) bond motifs is 10. The molecule has 0 fully saturated rings. The normalized spacial score (nSPS) is 13.0. The summed E-state index contributed by atoms with van der Waals surface area (Å²) in [6, 6.07) is 96.6. The van der Waals surface area contributed by atoms with Crippen LogP contribution in [0, 0.1) is 0 Å². The van der Waals surface area contributed by atoms with Crippen molar-refractivity contribution in [3.8, 4) is 33.9 Å². The quantitative estimate of drug-likeness (QED) is 0.0977. The first kappa shape index (κ1) is 42.8. The Kier molecular flexibility index (Phi) is 8.72. The van der Waals surface area contributed by atoms with E-state index in [1.54, 1.807) is 0 Å². The molecule has 0 radical (unpaired) electrons. The second kappa shape index (κ2) is 16.1. The molecule has 0 amide bonds. The summed E-state index contributed by atoms with van der Waals surface area (Å²) in [5, 5.41) is 20.4. The van der Waals surface area contributed by atoms with Crippen molar-refractivity contribution < 1.29 is 0 Å². The molecule has 0 aliphatic carbocycles. The monoisotopic (exact) mass is 998 g/mol. The Labute approximate surface area is 455 Å². The zero-order chi connectivity index (χ0) is 51.4. The summed E-state index contributed by atoms with van der Waals surface area (Å²) in [6.07, 6.45) is 0. The van der Waals surface area contributed by atoms with E-state index in [1.807, 2.05) is 0 Å². The number of benzene rings is 15. The molecule has 18 rings (SSSR count). The number of rotatable bonds is 5. The molecule has 2 aliphatic heterocycles. The summed E-state index contributed by atoms with van der Waals surface area (Å²) < 4.78 is 0.